The third-order valence-corrected chi connectivity index (χ3v) is 6.33. The summed E-state index contributed by atoms with van der Waals surface area (Å²) in [4.78, 5) is 14.2. The van der Waals surface area contributed by atoms with Crippen LogP contribution in [0.2, 0.25) is 0 Å². The second kappa shape index (κ2) is 5.92. The van der Waals surface area contributed by atoms with Crippen LogP contribution < -0.4 is 5.43 Å². The first-order valence-electron chi connectivity index (χ1n) is 8.79. The molecule has 2 aliphatic carbocycles. The number of aryl methyl sites for hydroxylation is 1. The maximum Gasteiger partial charge on any atom is 0.281 e. The van der Waals surface area contributed by atoms with E-state index in [0.29, 0.717) is 16.7 Å². The zero-order valence-electron chi connectivity index (χ0n) is 14.3. The van der Waals surface area contributed by atoms with Crippen LogP contribution in [0.3, 0.4) is 0 Å². The number of hydrazone groups is 1. The predicted octanol–water partition coefficient (Wildman–Crippen LogP) is 4.08. The molecule has 0 radical (unpaired) electrons. The zero-order chi connectivity index (χ0) is 17.7. The van der Waals surface area contributed by atoms with Gasteiger partial charge in [-0.1, -0.05) is 30.4 Å². The lowest BCUT2D eigenvalue weighted by Crippen LogP contribution is -2.35. The molecule has 2 atom stereocenters. The second-order valence-corrected chi connectivity index (χ2v) is 7.89. The SMILES string of the molecule is Cc1nn(-c2ccccc2)c2sc(C(=O)N/N=C3/C[C@@H]4CC=C[C@@H]34)cc12. The Morgan fingerprint density at radius 2 is 2.19 bits per heavy atom. The lowest BCUT2D eigenvalue weighted by Gasteiger charge is -2.31. The van der Waals surface area contributed by atoms with Gasteiger partial charge in [0.15, 0.2) is 0 Å². The van der Waals surface area contributed by atoms with E-state index in [4.69, 9.17) is 0 Å². The highest BCUT2D eigenvalue weighted by atomic mass is 32.1. The van der Waals surface area contributed by atoms with Gasteiger partial charge in [-0.3, -0.25) is 4.79 Å². The Labute approximate surface area is 155 Å². The van der Waals surface area contributed by atoms with Crippen LogP contribution in [-0.4, -0.2) is 21.4 Å². The molecule has 1 fully saturated rings. The number of thiophene rings is 1. The number of rotatable bonds is 3. The van der Waals surface area contributed by atoms with Gasteiger partial charge in [0.25, 0.3) is 5.91 Å². The molecule has 2 heterocycles. The van der Waals surface area contributed by atoms with Gasteiger partial charge in [-0.25, -0.2) is 10.1 Å². The van der Waals surface area contributed by atoms with Crippen molar-refractivity contribution in [2.75, 3.05) is 0 Å². The molecule has 2 aromatic heterocycles. The maximum absolute atomic E-state index is 12.6. The van der Waals surface area contributed by atoms with E-state index < -0.39 is 0 Å². The molecule has 26 heavy (non-hydrogen) atoms. The summed E-state index contributed by atoms with van der Waals surface area (Å²) in [6, 6.07) is 11.9. The molecule has 1 amide bonds. The standard InChI is InChI=1S/C20H18N4OS/c1-12-16-11-18(19(25)22-21-17-10-13-6-5-9-15(13)17)26-20(16)24(23-12)14-7-3-2-4-8-14/h2-5,7-9,11,13,15H,6,10H2,1H3,(H,22,25)/b21-17-/t13-,15+/m0/s1. The number of aromatic nitrogens is 2. The molecule has 1 N–H and O–H groups in total. The van der Waals surface area contributed by atoms with Crippen LogP contribution in [0.25, 0.3) is 15.9 Å². The molecule has 0 saturated heterocycles. The first-order chi connectivity index (χ1) is 12.7. The molecule has 0 bridgehead atoms. The Bertz CT molecular complexity index is 1060. The number of para-hydroxylation sites is 1. The number of hydrogen-bond acceptors (Lipinski definition) is 4. The van der Waals surface area contributed by atoms with Gasteiger partial charge >= 0.3 is 0 Å². The minimum Gasteiger partial charge on any atom is -0.266 e. The summed E-state index contributed by atoms with van der Waals surface area (Å²) in [5, 5.41) is 9.98. The summed E-state index contributed by atoms with van der Waals surface area (Å²) >= 11 is 1.45. The molecule has 2 aliphatic rings. The largest absolute Gasteiger partial charge is 0.281 e. The molecule has 6 heteroatoms. The normalized spacial score (nSPS) is 22.6. The number of benzene rings is 1. The Morgan fingerprint density at radius 1 is 1.35 bits per heavy atom. The molecular weight excluding hydrogens is 344 g/mol. The van der Waals surface area contributed by atoms with E-state index in [9.17, 15) is 4.79 Å². The maximum atomic E-state index is 12.6. The Kier molecular flexibility index (Phi) is 3.53. The number of hydrogen-bond donors (Lipinski definition) is 1. The van der Waals surface area contributed by atoms with E-state index in [1.54, 1.807) is 0 Å². The summed E-state index contributed by atoms with van der Waals surface area (Å²) in [6.45, 7) is 1.97. The molecule has 0 aliphatic heterocycles. The van der Waals surface area contributed by atoms with Crippen molar-refractivity contribution in [1.82, 2.24) is 15.2 Å². The summed E-state index contributed by atoms with van der Waals surface area (Å²) in [5.74, 6) is 0.990. The summed E-state index contributed by atoms with van der Waals surface area (Å²) in [7, 11) is 0. The summed E-state index contributed by atoms with van der Waals surface area (Å²) < 4.78 is 1.90. The first-order valence-corrected chi connectivity index (χ1v) is 9.60. The number of allylic oxidation sites excluding steroid dienone is 2. The van der Waals surface area contributed by atoms with Crippen LogP contribution in [-0.2, 0) is 0 Å². The third kappa shape index (κ3) is 2.41. The van der Waals surface area contributed by atoms with Gasteiger partial charge in [0, 0.05) is 17.0 Å². The number of nitrogens with one attached hydrogen (secondary N) is 1. The smallest absolute Gasteiger partial charge is 0.266 e. The van der Waals surface area contributed by atoms with Crippen molar-refractivity contribution in [2.45, 2.75) is 19.8 Å². The van der Waals surface area contributed by atoms with Crippen molar-refractivity contribution in [2.24, 2.45) is 16.9 Å². The van der Waals surface area contributed by atoms with Gasteiger partial charge < -0.3 is 0 Å². The number of amides is 1. The molecule has 0 unspecified atom stereocenters. The van der Waals surface area contributed by atoms with Gasteiger partial charge in [0.2, 0.25) is 0 Å². The fourth-order valence-electron chi connectivity index (χ4n) is 3.74. The second-order valence-electron chi connectivity index (χ2n) is 6.86. The van der Waals surface area contributed by atoms with E-state index in [0.717, 1.165) is 40.2 Å². The van der Waals surface area contributed by atoms with Crippen LogP contribution in [0.4, 0.5) is 0 Å². The average molecular weight is 362 g/mol. The highest BCUT2D eigenvalue weighted by Crippen LogP contribution is 2.40. The molecule has 1 aromatic carbocycles. The van der Waals surface area contributed by atoms with E-state index in [1.807, 2.05) is 48.0 Å². The molecular formula is C20H18N4OS. The van der Waals surface area contributed by atoms with Gasteiger partial charge in [-0.2, -0.15) is 10.2 Å². The fraction of sp³-hybridized carbons (Fsp3) is 0.250. The fourth-order valence-corrected chi connectivity index (χ4v) is 4.82. The Morgan fingerprint density at radius 3 is 3.00 bits per heavy atom. The van der Waals surface area contributed by atoms with Crippen LogP contribution in [0, 0.1) is 18.8 Å². The highest BCUT2D eigenvalue weighted by Gasteiger charge is 2.38. The molecule has 5 rings (SSSR count). The van der Waals surface area contributed by atoms with Crippen LogP contribution in [0.15, 0.2) is 53.7 Å². The van der Waals surface area contributed by atoms with Crippen molar-refractivity contribution >= 4 is 33.2 Å². The van der Waals surface area contributed by atoms with Gasteiger partial charge in [-0.15, -0.1) is 11.3 Å². The van der Waals surface area contributed by atoms with Crippen molar-refractivity contribution in [3.63, 3.8) is 0 Å². The molecule has 0 spiro atoms. The van der Waals surface area contributed by atoms with Crippen molar-refractivity contribution in [3.8, 4) is 5.69 Å². The minimum absolute atomic E-state index is 0.150. The van der Waals surface area contributed by atoms with Crippen LogP contribution in [0.1, 0.15) is 28.2 Å². The topological polar surface area (TPSA) is 59.3 Å². The monoisotopic (exact) mass is 362 g/mol. The Hall–Kier alpha value is -2.73. The minimum atomic E-state index is -0.150. The number of fused-ring (bicyclic) bond motifs is 2. The van der Waals surface area contributed by atoms with Gasteiger partial charge in [0.1, 0.15) is 4.83 Å². The number of carbonyl (C=O) groups is 1. The third-order valence-electron chi connectivity index (χ3n) is 5.22. The molecule has 130 valence electrons. The zero-order valence-corrected chi connectivity index (χ0v) is 15.2. The quantitative estimate of drug-likeness (QED) is 0.564. The van der Waals surface area contributed by atoms with E-state index in [1.165, 1.54) is 11.3 Å². The molecule has 5 nitrogen and oxygen atoms in total. The van der Waals surface area contributed by atoms with Crippen LogP contribution >= 0.6 is 11.3 Å². The lowest BCUT2D eigenvalue weighted by molar-refractivity contribution is 0.0958. The van der Waals surface area contributed by atoms with Crippen molar-refractivity contribution in [1.29, 1.82) is 0 Å². The predicted molar refractivity (Wildman–Crippen MR) is 104 cm³/mol. The molecule has 3 aromatic rings. The van der Waals surface area contributed by atoms with Crippen molar-refractivity contribution in [3.05, 3.63) is 59.1 Å². The summed E-state index contributed by atoms with van der Waals surface area (Å²) in [5.41, 5.74) is 5.74. The van der Waals surface area contributed by atoms with E-state index in [2.05, 4.69) is 27.8 Å². The molecule has 1 saturated carbocycles. The number of carbonyl (C=O) groups excluding carboxylic acids is 1. The van der Waals surface area contributed by atoms with Crippen LogP contribution in [0.5, 0.6) is 0 Å². The van der Waals surface area contributed by atoms with Crippen molar-refractivity contribution < 1.29 is 4.79 Å². The van der Waals surface area contributed by atoms with E-state index >= 15 is 0 Å². The average Bonchev–Trinajstić information content (AvgIpc) is 3.31. The summed E-state index contributed by atoms with van der Waals surface area (Å²) in [6.07, 6.45) is 6.55. The number of nitrogens with zero attached hydrogens (tertiary/aromatic N) is 3. The van der Waals surface area contributed by atoms with Gasteiger partial charge in [-0.05, 0) is 43.9 Å². The van der Waals surface area contributed by atoms with E-state index in [-0.39, 0.29) is 5.91 Å². The van der Waals surface area contributed by atoms with Gasteiger partial charge in [0.05, 0.1) is 16.3 Å². The lowest BCUT2D eigenvalue weighted by atomic mass is 9.74. The highest BCUT2D eigenvalue weighted by molar-refractivity contribution is 7.20. The first kappa shape index (κ1) is 15.5. The Balaban J connectivity index is 1.42.